The van der Waals surface area contributed by atoms with E-state index in [4.69, 9.17) is 4.74 Å². The molecule has 128 valence electrons. The van der Waals surface area contributed by atoms with Crippen molar-refractivity contribution in [3.63, 3.8) is 0 Å². The van der Waals surface area contributed by atoms with Crippen LogP contribution in [-0.2, 0) is 17.7 Å². The number of carbonyl (C=O) groups is 1. The van der Waals surface area contributed by atoms with Crippen LogP contribution in [0, 0.1) is 3.57 Å². The number of carbonyl (C=O) groups excluding carboxylic acids is 1. The highest BCUT2D eigenvalue weighted by Crippen LogP contribution is 2.28. The van der Waals surface area contributed by atoms with E-state index in [1.165, 1.54) is 0 Å². The minimum absolute atomic E-state index is 0.213. The Kier molecular flexibility index (Phi) is 5.07. The minimum atomic E-state index is -0.342. The molecule has 0 N–H and O–H groups in total. The zero-order chi connectivity index (χ0) is 17.3. The predicted molar refractivity (Wildman–Crippen MR) is 100 cm³/mol. The Hall–Kier alpha value is -1.64. The molecule has 3 heterocycles. The molecule has 24 heavy (non-hydrogen) atoms. The number of rotatable bonds is 4. The summed E-state index contributed by atoms with van der Waals surface area (Å²) < 4.78 is 8.26. The molecular weight excluding hydrogens is 419 g/mol. The van der Waals surface area contributed by atoms with Crippen molar-refractivity contribution >= 4 is 34.4 Å². The number of ether oxygens (including phenoxy) is 1. The summed E-state index contributed by atoms with van der Waals surface area (Å²) in [6, 6.07) is 4.27. The highest BCUT2D eigenvalue weighted by atomic mass is 127. The molecule has 0 aromatic carbocycles. The third-order valence-electron chi connectivity index (χ3n) is 4.08. The van der Waals surface area contributed by atoms with E-state index in [0.29, 0.717) is 18.8 Å². The van der Waals surface area contributed by atoms with Crippen LogP contribution in [0.25, 0.3) is 0 Å². The maximum atomic E-state index is 12.3. The standard InChI is InChI=1S/C17H21IN4O2/c1-4-24-17(23)16-13-10-21(15-6-5-12(18)9-19-15)8-7-14(13)22(20-16)11(2)3/h5-6,9,11H,4,7-8,10H2,1-3H3. The lowest BCUT2D eigenvalue weighted by molar-refractivity contribution is 0.0517. The fraction of sp³-hybridized carbons (Fsp3) is 0.471. The highest BCUT2D eigenvalue weighted by molar-refractivity contribution is 14.1. The summed E-state index contributed by atoms with van der Waals surface area (Å²) in [5.41, 5.74) is 2.54. The smallest absolute Gasteiger partial charge is 0.359 e. The molecule has 6 nitrogen and oxygen atoms in total. The number of fused-ring (bicyclic) bond motifs is 1. The Bertz CT molecular complexity index is 740. The molecule has 0 atom stereocenters. The Balaban J connectivity index is 1.96. The number of pyridine rings is 1. The SMILES string of the molecule is CCOC(=O)c1nn(C(C)C)c2c1CN(c1ccc(I)cn1)CC2. The van der Waals surface area contributed by atoms with Gasteiger partial charge in [0.1, 0.15) is 5.82 Å². The zero-order valence-corrected chi connectivity index (χ0v) is 16.3. The molecule has 2 aromatic rings. The summed E-state index contributed by atoms with van der Waals surface area (Å²) in [4.78, 5) is 19.0. The van der Waals surface area contributed by atoms with Gasteiger partial charge < -0.3 is 9.64 Å². The summed E-state index contributed by atoms with van der Waals surface area (Å²) >= 11 is 2.25. The summed E-state index contributed by atoms with van der Waals surface area (Å²) in [7, 11) is 0. The number of nitrogens with zero attached hydrogens (tertiary/aromatic N) is 4. The monoisotopic (exact) mass is 440 g/mol. The summed E-state index contributed by atoms with van der Waals surface area (Å²) in [5, 5.41) is 4.55. The molecule has 0 spiro atoms. The van der Waals surface area contributed by atoms with Crippen LogP contribution in [0.3, 0.4) is 0 Å². The summed E-state index contributed by atoms with van der Waals surface area (Å²) in [6.45, 7) is 7.81. The van der Waals surface area contributed by atoms with Gasteiger partial charge in [-0.1, -0.05) is 0 Å². The van der Waals surface area contributed by atoms with E-state index >= 15 is 0 Å². The van der Waals surface area contributed by atoms with Crippen molar-refractivity contribution in [3.05, 3.63) is 38.9 Å². The third-order valence-corrected chi connectivity index (χ3v) is 4.72. The van der Waals surface area contributed by atoms with Crippen LogP contribution >= 0.6 is 22.6 Å². The topological polar surface area (TPSA) is 60.2 Å². The first-order valence-electron chi connectivity index (χ1n) is 8.15. The van der Waals surface area contributed by atoms with Crippen LogP contribution in [0.15, 0.2) is 18.3 Å². The first-order chi connectivity index (χ1) is 11.5. The molecule has 0 unspecified atom stereocenters. The van der Waals surface area contributed by atoms with Crippen molar-refractivity contribution in [3.8, 4) is 0 Å². The average Bonchev–Trinajstić information content (AvgIpc) is 2.95. The van der Waals surface area contributed by atoms with Gasteiger partial charge in [-0.3, -0.25) is 4.68 Å². The first kappa shape index (κ1) is 17.2. The van der Waals surface area contributed by atoms with Crippen molar-refractivity contribution in [2.24, 2.45) is 0 Å². The molecular formula is C17H21IN4O2. The van der Waals surface area contributed by atoms with Crippen molar-refractivity contribution in [2.75, 3.05) is 18.1 Å². The van der Waals surface area contributed by atoms with E-state index in [1.807, 2.05) is 29.9 Å². The Morgan fingerprint density at radius 1 is 1.42 bits per heavy atom. The number of anilines is 1. The van der Waals surface area contributed by atoms with Gasteiger partial charge in [-0.2, -0.15) is 5.10 Å². The van der Waals surface area contributed by atoms with Gasteiger partial charge in [0.05, 0.1) is 6.61 Å². The van der Waals surface area contributed by atoms with E-state index in [2.05, 4.69) is 51.4 Å². The molecule has 0 bridgehead atoms. The van der Waals surface area contributed by atoms with Gasteiger partial charge in [-0.05, 0) is 55.5 Å². The second-order valence-corrected chi connectivity index (χ2v) is 7.28. The number of halogens is 1. The van der Waals surface area contributed by atoms with E-state index in [-0.39, 0.29) is 12.0 Å². The predicted octanol–water partition coefficient (Wildman–Crippen LogP) is 3.20. The van der Waals surface area contributed by atoms with Gasteiger partial charge in [-0.25, -0.2) is 9.78 Å². The molecule has 0 saturated heterocycles. The molecule has 0 saturated carbocycles. The Morgan fingerprint density at radius 3 is 2.83 bits per heavy atom. The van der Waals surface area contributed by atoms with Gasteiger partial charge in [-0.15, -0.1) is 0 Å². The Labute approximate surface area is 155 Å². The molecule has 3 rings (SSSR count). The Morgan fingerprint density at radius 2 is 2.21 bits per heavy atom. The number of hydrogen-bond acceptors (Lipinski definition) is 5. The van der Waals surface area contributed by atoms with Crippen molar-refractivity contribution in [2.45, 2.75) is 39.8 Å². The minimum Gasteiger partial charge on any atom is -0.461 e. The normalized spacial score (nSPS) is 14.0. The summed E-state index contributed by atoms with van der Waals surface area (Å²) in [6.07, 6.45) is 2.70. The average molecular weight is 440 g/mol. The van der Waals surface area contributed by atoms with Gasteiger partial charge in [0.25, 0.3) is 0 Å². The van der Waals surface area contributed by atoms with Crippen molar-refractivity contribution in [1.82, 2.24) is 14.8 Å². The van der Waals surface area contributed by atoms with Crippen LogP contribution in [0.5, 0.6) is 0 Å². The second kappa shape index (κ2) is 7.08. The van der Waals surface area contributed by atoms with Crippen molar-refractivity contribution in [1.29, 1.82) is 0 Å². The fourth-order valence-corrected chi connectivity index (χ4v) is 3.31. The van der Waals surface area contributed by atoms with Gasteiger partial charge in [0, 0.05) is 46.6 Å². The number of esters is 1. The van der Waals surface area contributed by atoms with E-state index in [1.54, 1.807) is 0 Å². The van der Waals surface area contributed by atoms with E-state index in [0.717, 1.165) is 33.6 Å². The van der Waals surface area contributed by atoms with Crippen molar-refractivity contribution < 1.29 is 9.53 Å². The molecule has 0 amide bonds. The molecule has 0 radical (unpaired) electrons. The van der Waals surface area contributed by atoms with Crippen LogP contribution in [0.1, 0.15) is 48.6 Å². The molecule has 1 aliphatic rings. The molecule has 2 aromatic heterocycles. The third kappa shape index (κ3) is 3.26. The zero-order valence-electron chi connectivity index (χ0n) is 14.1. The quantitative estimate of drug-likeness (QED) is 0.540. The lowest BCUT2D eigenvalue weighted by Gasteiger charge is -2.29. The lowest BCUT2D eigenvalue weighted by atomic mass is 10.0. The van der Waals surface area contributed by atoms with E-state index < -0.39 is 0 Å². The second-order valence-electron chi connectivity index (χ2n) is 6.04. The largest absolute Gasteiger partial charge is 0.461 e. The highest BCUT2D eigenvalue weighted by Gasteiger charge is 2.30. The molecule has 0 fully saturated rings. The summed E-state index contributed by atoms with van der Waals surface area (Å²) in [5.74, 6) is 0.582. The molecule has 0 aliphatic carbocycles. The van der Waals surface area contributed by atoms with Gasteiger partial charge >= 0.3 is 5.97 Å². The molecule has 1 aliphatic heterocycles. The van der Waals surface area contributed by atoms with Crippen LogP contribution in [-0.4, -0.2) is 33.9 Å². The van der Waals surface area contributed by atoms with E-state index in [9.17, 15) is 4.79 Å². The maximum Gasteiger partial charge on any atom is 0.359 e. The lowest BCUT2D eigenvalue weighted by Crippen LogP contribution is -2.32. The first-order valence-corrected chi connectivity index (χ1v) is 9.23. The van der Waals surface area contributed by atoms with Crippen LogP contribution in [0.4, 0.5) is 5.82 Å². The van der Waals surface area contributed by atoms with Crippen LogP contribution in [0.2, 0.25) is 0 Å². The number of hydrogen-bond donors (Lipinski definition) is 0. The van der Waals surface area contributed by atoms with Gasteiger partial charge in [0.15, 0.2) is 5.69 Å². The maximum absolute atomic E-state index is 12.3. The van der Waals surface area contributed by atoms with Gasteiger partial charge in [0.2, 0.25) is 0 Å². The molecule has 7 heteroatoms. The number of aromatic nitrogens is 3. The van der Waals surface area contributed by atoms with Crippen LogP contribution < -0.4 is 4.90 Å². The fourth-order valence-electron chi connectivity index (χ4n) is 2.99.